The van der Waals surface area contributed by atoms with Gasteiger partial charge in [0.25, 0.3) is 0 Å². The summed E-state index contributed by atoms with van der Waals surface area (Å²) >= 11 is 0. The minimum atomic E-state index is -4.95. The molecule has 0 saturated carbocycles. The molecule has 0 aromatic rings. The summed E-state index contributed by atoms with van der Waals surface area (Å²) in [6.07, 6.45) is 94.9. The van der Waals surface area contributed by atoms with Crippen LogP contribution in [0.25, 0.3) is 0 Å². The van der Waals surface area contributed by atoms with Crippen LogP contribution in [-0.4, -0.2) is 95.9 Å². The SMILES string of the molecule is CC/C=C\C/C=C\C/C=C\C/C=C\C/C=C\C/C=C\CCCCC(=O)OCC(COP(=O)(O)OCC(O)COP(=O)(O)OCC(O)COC(=O)CCCCCCCCCCCCCCCCCCC/C=C\C/C=C\C/C=C\C/C=C\CCCCC)OC(=O)CCCCCCC/C=C\C/C=C\CCC. The van der Waals surface area contributed by atoms with Crippen molar-refractivity contribution in [1.82, 2.24) is 0 Å². The zero-order valence-electron chi connectivity index (χ0n) is 64.4. The molecular formula is C85H144O16P2. The van der Waals surface area contributed by atoms with Gasteiger partial charge < -0.3 is 34.2 Å². The van der Waals surface area contributed by atoms with Crippen molar-refractivity contribution in [3.05, 3.63) is 146 Å². The molecular weight excluding hydrogens is 1340 g/mol. The van der Waals surface area contributed by atoms with E-state index < -0.39 is 91.5 Å². The molecule has 0 aliphatic carbocycles. The first-order valence-corrected chi connectivity index (χ1v) is 43.1. The number of rotatable bonds is 75. The fraction of sp³-hybridized carbons (Fsp3) is 0.682. The van der Waals surface area contributed by atoms with Crippen LogP contribution >= 0.6 is 15.6 Å². The van der Waals surface area contributed by atoms with Crippen molar-refractivity contribution in [3.8, 4) is 0 Å². The minimum Gasteiger partial charge on any atom is -0.463 e. The van der Waals surface area contributed by atoms with Crippen molar-refractivity contribution >= 4 is 33.6 Å². The van der Waals surface area contributed by atoms with Crippen molar-refractivity contribution in [3.63, 3.8) is 0 Å². The molecule has 0 amide bonds. The Bertz CT molecular complexity index is 2450. The summed E-state index contributed by atoms with van der Waals surface area (Å²) in [5.74, 6) is -1.64. The third-order valence-corrected chi connectivity index (χ3v) is 18.4. The zero-order valence-corrected chi connectivity index (χ0v) is 66.2. The van der Waals surface area contributed by atoms with E-state index >= 15 is 0 Å². The molecule has 0 aromatic heterocycles. The third-order valence-electron chi connectivity index (χ3n) is 16.5. The van der Waals surface area contributed by atoms with Gasteiger partial charge in [0.1, 0.15) is 25.4 Å². The highest BCUT2D eigenvalue weighted by atomic mass is 31.2. The van der Waals surface area contributed by atoms with E-state index in [0.29, 0.717) is 19.3 Å². The fourth-order valence-electron chi connectivity index (χ4n) is 10.4. The molecule has 103 heavy (non-hydrogen) atoms. The molecule has 0 rings (SSSR count). The Morgan fingerprint density at radius 3 is 0.874 bits per heavy atom. The smallest absolute Gasteiger partial charge is 0.463 e. The lowest BCUT2D eigenvalue weighted by atomic mass is 10.0. The largest absolute Gasteiger partial charge is 0.472 e. The highest BCUT2D eigenvalue weighted by Crippen LogP contribution is 2.45. The molecule has 18 heteroatoms. The normalized spacial score (nSPS) is 14.7. The molecule has 5 atom stereocenters. The fourth-order valence-corrected chi connectivity index (χ4v) is 12.0. The quantitative estimate of drug-likeness (QED) is 0.0146. The van der Waals surface area contributed by atoms with Crippen LogP contribution in [0.3, 0.4) is 0 Å². The van der Waals surface area contributed by atoms with E-state index in [1.807, 2.05) is 0 Å². The van der Waals surface area contributed by atoms with Crippen molar-refractivity contribution in [1.29, 1.82) is 0 Å². The first-order chi connectivity index (χ1) is 50.2. The number of phosphoric acid groups is 2. The van der Waals surface area contributed by atoms with Gasteiger partial charge in [-0.15, -0.1) is 0 Å². The van der Waals surface area contributed by atoms with Crippen LogP contribution in [0, 0.1) is 0 Å². The second kappa shape index (κ2) is 77.1. The van der Waals surface area contributed by atoms with Crippen molar-refractivity contribution in [2.24, 2.45) is 0 Å². The summed E-state index contributed by atoms with van der Waals surface area (Å²) in [6, 6.07) is 0. The number of hydrogen-bond donors (Lipinski definition) is 4. The molecule has 0 aliphatic rings. The maximum atomic E-state index is 12.9. The Hall–Kier alpha value is -4.57. The van der Waals surface area contributed by atoms with Crippen molar-refractivity contribution in [2.75, 3.05) is 39.6 Å². The minimum absolute atomic E-state index is 0.0745. The molecule has 0 heterocycles. The Balaban J connectivity index is 4.45. The van der Waals surface area contributed by atoms with E-state index in [9.17, 15) is 43.5 Å². The van der Waals surface area contributed by atoms with Crippen LogP contribution in [0.5, 0.6) is 0 Å². The van der Waals surface area contributed by atoms with Crippen LogP contribution in [0.2, 0.25) is 0 Å². The molecule has 0 aliphatic heterocycles. The van der Waals surface area contributed by atoms with Gasteiger partial charge in [0.05, 0.1) is 26.4 Å². The van der Waals surface area contributed by atoms with E-state index in [0.717, 1.165) is 141 Å². The summed E-state index contributed by atoms with van der Waals surface area (Å²) in [5, 5.41) is 20.6. The molecule has 0 saturated heterocycles. The number of allylic oxidation sites excluding steroid dienone is 24. The van der Waals surface area contributed by atoms with Crippen molar-refractivity contribution < 1.29 is 75.8 Å². The summed E-state index contributed by atoms with van der Waals surface area (Å²) in [4.78, 5) is 58.6. The van der Waals surface area contributed by atoms with Crippen LogP contribution < -0.4 is 0 Å². The molecule has 0 bridgehead atoms. The number of esters is 3. The van der Waals surface area contributed by atoms with Gasteiger partial charge in [-0.2, -0.15) is 0 Å². The maximum absolute atomic E-state index is 12.9. The van der Waals surface area contributed by atoms with E-state index in [-0.39, 0.29) is 19.3 Å². The number of ether oxygens (including phenoxy) is 3. The van der Waals surface area contributed by atoms with E-state index in [1.165, 1.54) is 116 Å². The van der Waals surface area contributed by atoms with Gasteiger partial charge in [-0.25, -0.2) is 9.13 Å². The first-order valence-electron chi connectivity index (χ1n) is 40.1. The maximum Gasteiger partial charge on any atom is 0.472 e. The molecule has 590 valence electrons. The summed E-state index contributed by atoms with van der Waals surface area (Å²) in [7, 11) is -9.81. The number of carbonyl (C=O) groups excluding carboxylic acids is 3. The van der Waals surface area contributed by atoms with Crippen molar-refractivity contribution in [2.45, 2.75) is 334 Å². The first kappa shape index (κ1) is 98.4. The summed E-state index contributed by atoms with van der Waals surface area (Å²) in [6.45, 7) is 2.40. The van der Waals surface area contributed by atoms with Gasteiger partial charge in [0.15, 0.2) is 6.10 Å². The number of phosphoric ester groups is 2. The Morgan fingerprint density at radius 1 is 0.282 bits per heavy atom. The molecule has 0 spiro atoms. The van der Waals surface area contributed by atoms with Crippen LogP contribution in [0.1, 0.15) is 316 Å². The molecule has 16 nitrogen and oxygen atoms in total. The second-order valence-electron chi connectivity index (χ2n) is 26.5. The zero-order chi connectivity index (χ0) is 75.2. The van der Waals surface area contributed by atoms with E-state index in [2.05, 4.69) is 167 Å². The molecule has 5 unspecified atom stereocenters. The van der Waals surface area contributed by atoms with Gasteiger partial charge in [-0.05, 0) is 141 Å². The number of unbranched alkanes of at least 4 members (excludes halogenated alkanes) is 28. The average Bonchev–Trinajstić information content (AvgIpc) is 0.944. The Kier molecular flexibility index (Phi) is 73.6. The lowest BCUT2D eigenvalue weighted by molar-refractivity contribution is -0.161. The number of aliphatic hydroxyl groups is 2. The van der Waals surface area contributed by atoms with Gasteiger partial charge in [-0.1, -0.05) is 301 Å². The van der Waals surface area contributed by atoms with E-state index in [4.69, 9.17) is 32.3 Å². The number of hydrogen-bond acceptors (Lipinski definition) is 14. The average molecular weight is 1480 g/mol. The third kappa shape index (κ3) is 78.3. The standard InChI is InChI=1S/C85H144O16P2/c1-4-7-10-13-16-19-22-25-27-29-31-33-34-35-36-37-38-39-40-41-42-43-44-46-48-49-51-54-56-59-62-65-68-71-83(88)95-74-80(86)75-97-102(91,92)98-76-81(87)77-99-103(93,94)100-79-82(101-85(90)73-70-67-64-61-58-53-24-21-18-15-12-9-6-3)78-96-84(89)72-69-66-63-60-57-55-52-50-47-45-32-30-28-26-23-20-17-14-11-8-5-2/h8,11-12,15-17,19-21,24-28,31-33,35-36,45,50,52,57,60,80-82,86-87H,4-7,9-10,13-14,18,22-23,29-30,34,37-44,46-49,51,53-56,58-59,61-79H2,1-3H3,(H,91,92)(H,93,94)/b11-8-,15-12-,19-16-,20-17-,24-21-,27-25-,28-26-,33-31-,36-35-,45-32-,52-50-,60-57-. The summed E-state index contributed by atoms with van der Waals surface area (Å²) < 4.78 is 61.0. The van der Waals surface area contributed by atoms with Gasteiger partial charge in [-0.3, -0.25) is 32.5 Å². The lowest BCUT2D eigenvalue weighted by Gasteiger charge is -2.21. The topological polar surface area (TPSA) is 231 Å². The second-order valence-corrected chi connectivity index (χ2v) is 29.4. The number of aliphatic hydroxyl groups excluding tert-OH is 2. The molecule has 0 aromatic carbocycles. The Labute approximate surface area is 626 Å². The molecule has 0 radical (unpaired) electrons. The Morgan fingerprint density at radius 2 is 0.534 bits per heavy atom. The van der Waals surface area contributed by atoms with Gasteiger partial charge in [0, 0.05) is 19.3 Å². The highest BCUT2D eigenvalue weighted by Gasteiger charge is 2.29. The van der Waals surface area contributed by atoms with Gasteiger partial charge in [0.2, 0.25) is 0 Å². The van der Waals surface area contributed by atoms with Crippen LogP contribution in [0.15, 0.2) is 146 Å². The van der Waals surface area contributed by atoms with E-state index in [1.54, 1.807) is 0 Å². The predicted molar refractivity (Wildman–Crippen MR) is 426 cm³/mol. The number of carbonyl (C=O) groups is 3. The van der Waals surface area contributed by atoms with Crippen LogP contribution in [0.4, 0.5) is 0 Å². The summed E-state index contributed by atoms with van der Waals surface area (Å²) in [5.41, 5.74) is 0. The molecule has 4 N–H and O–H groups in total. The predicted octanol–water partition coefficient (Wildman–Crippen LogP) is 23.7. The monoisotopic (exact) mass is 1480 g/mol. The van der Waals surface area contributed by atoms with Crippen LogP contribution in [-0.2, 0) is 55.8 Å². The van der Waals surface area contributed by atoms with Gasteiger partial charge >= 0.3 is 33.6 Å². The lowest BCUT2D eigenvalue weighted by Crippen LogP contribution is -2.30. The highest BCUT2D eigenvalue weighted by molar-refractivity contribution is 7.47. The molecule has 0 fully saturated rings.